The minimum Gasteiger partial charge on any atom is -0.317 e. The summed E-state index contributed by atoms with van der Waals surface area (Å²) >= 11 is 1.18. The predicted molar refractivity (Wildman–Crippen MR) is 113 cm³/mol. The molecule has 0 atom stereocenters. The quantitative estimate of drug-likeness (QED) is 0.546. The maximum Gasteiger partial charge on any atom is 0.416 e. The van der Waals surface area contributed by atoms with Gasteiger partial charge in [-0.05, 0) is 67.2 Å². The molecule has 2 heterocycles. The second-order valence-electron chi connectivity index (χ2n) is 6.67. The second kappa shape index (κ2) is 7.87. The molecule has 1 N–H and O–H groups in total. The minimum atomic E-state index is -4.43. The Morgan fingerprint density at radius 3 is 2.57 bits per heavy atom. The highest BCUT2D eigenvalue weighted by molar-refractivity contribution is 8.18. The molecule has 0 bridgehead atoms. The Labute approximate surface area is 175 Å². The Balaban J connectivity index is 1.62. The van der Waals surface area contributed by atoms with E-state index in [0.29, 0.717) is 21.5 Å². The van der Waals surface area contributed by atoms with Crippen LogP contribution in [0.3, 0.4) is 0 Å². The zero-order chi connectivity index (χ0) is 21.3. The molecule has 4 nitrogen and oxygen atoms in total. The normalized spacial score (nSPS) is 17.0. The van der Waals surface area contributed by atoms with Crippen LogP contribution in [0.25, 0.3) is 11.8 Å². The number of carbonyl (C=O) groups excluding carboxylic acids is 1. The van der Waals surface area contributed by atoms with E-state index < -0.39 is 11.7 Å². The topological polar surface area (TPSA) is 46.4 Å². The van der Waals surface area contributed by atoms with E-state index in [1.54, 1.807) is 35.0 Å². The number of hydrogen-bond donors (Lipinski definition) is 1. The molecule has 0 saturated carbocycles. The lowest BCUT2D eigenvalue weighted by molar-refractivity contribution is -0.137. The molecule has 1 amide bonds. The zero-order valence-corrected chi connectivity index (χ0v) is 16.6. The van der Waals surface area contributed by atoms with Crippen molar-refractivity contribution in [3.8, 4) is 5.69 Å². The lowest BCUT2D eigenvalue weighted by Gasteiger charge is -2.11. The van der Waals surface area contributed by atoms with Gasteiger partial charge >= 0.3 is 6.18 Å². The standard InChI is InChI=1S/C22H16F3N3OS/c1-14-7-9-16(10-8-14)26-21-27-20(29)19(30-21)13-18-6-3-11-28(18)17-5-2-4-15(12-17)22(23,24)25/h2-13H,1H3,(H,26,27,29)/b19-13+. The van der Waals surface area contributed by atoms with Crippen molar-refractivity contribution in [2.75, 3.05) is 0 Å². The van der Waals surface area contributed by atoms with Crippen LogP contribution in [0.1, 0.15) is 16.8 Å². The molecular formula is C22H16F3N3OS. The molecule has 30 heavy (non-hydrogen) atoms. The number of nitrogens with one attached hydrogen (secondary N) is 1. The van der Waals surface area contributed by atoms with Crippen LogP contribution in [-0.2, 0) is 11.0 Å². The number of benzene rings is 2. The van der Waals surface area contributed by atoms with Gasteiger partial charge in [-0.25, -0.2) is 4.99 Å². The Kier molecular flexibility index (Phi) is 5.26. The Bertz CT molecular complexity index is 1160. The Morgan fingerprint density at radius 1 is 1.07 bits per heavy atom. The van der Waals surface area contributed by atoms with Gasteiger partial charge in [0, 0.05) is 17.6 Å². The maximum atomic E-state index is 13.0. The van der Waals surface area contributed by atoms with Crippen molar-refractivity contribution < 1.29 is 18.0 Å². The number of amidine groups is 1. The molecule has 0 spiro atoms. The number of rotatable bonds is 3. The van der Waals surface area contributed by atoms with Crippen LogP contribution < -0.4 is 5.32 Å². The van der Waals surface area contributed by atoms with Gasteiger partial charge in [0.1, 0.15) is 0 Å². The second-order valence-corrected chi connectivity index (χ2v) is 7.70. The van der Waals surface area contributed by atoms with Gasteiger partial charge in [0.15, 0.2) is 5.17 Å². The molecule has 8 heteroatoms. The van der Waals surface area contributed by atoms with Crippen molar-refractivity contribution >= 4 is 34.6 Å². The van der Waals surface area contributed by atoms with E-state index in [1.807, 2.05) is 31.2 Å². The molecule has 0 radical (unpaired) electrons. The fourth-order valence-corrected chi connectivity index (χ4v) is 3.76. The molecule has 0 aliphatic carbocycles. The van der Waals surface area contributed by atoms with Gasteiger partial charge in [-0.2, -0.15) is 13.2 Å². The summed E-state index contributed by atoms with van der Waals surface area (Å²) in [7, 11) is 0. The van der Waals surface area contributed by atoms with Crippen LogP contribution in [0.2, 0.25) is 0 Å². The van der Waals surface area contributed by atoms with Crippen LogP contribution in [-0.4, -0.2) is 15.6 Å². The molecule has 3 aromatic rings. The highest BCUT2D eigenvalue weighted by Gasteiger charge is 2.30. The summed E-state index contributed by atoms with van der Waals surface area (Å²) in [4.78, 5) is 17.2. The summed E-state index contributed by atoms with van der Waals surface area (Å²) in [6.07, 6.45) is -1.14. The van der Waals surface area contributed by atoms with Gasteiger partial charge in [0.2, 0.25) is 0 Å². The van der Waals surface area contributed by atoms with Crippen molar-refractivity contribution in [2.24, 2.45) is 4.99 Å². The first-order valence-electron chi connectivity index (χ1n) is 9.01. The number of nitrogens with zero attached hydrogens (tertiary/aromatic N) is 2. The molecule has 1 aliphatic heterocycles. The Morgan fingerprint density at radius 2 is 1.83 bits per heavy atom. The van der Waals surface area contributed by atoms with E-state index in [9.17, 15) is 18.0 Å². The predicted octanol–water partition coefficient (Wildman–Crippen LogP) is 5.70. The van der Waals surface area contributed by atoms with Gasteiger partial charge in [0.25, 0.3) is 5.91 Å². The molecule has 152 valence electrons. The van der Waals surface area contributed by atoms with E-state index in [2.05, 4.69) is 10.3 Å². The summed E-state index contributed by atoms with van der Waals surface area (Å²) in [5, 5.41) is 3.17. The number of aliphatic imine (C=N–C) groups is 1. The van der Waals surface area contributed by atoms with E-state index in [0.717, 1.165) is 23.4 Å². The smallest absolute Gasteiger partial charge is 0.317 e. The third-order valence-electron chi connectivity index (χ3n) is 4.43. The first-order valence-corrected chi connectivity index (χ1v) is 9.82. The number of thioether (sulfide) groups is 1. The first kappa shape index (κ1) is 20.0. The molecular weight excluding hydrogens is 411 g/mol. The summed E-state index contributed by atoms with van der Waals surface area (Å²) in [5.41, 5.74) is 2.05. The van der Waals surface area contributed by atoms with Crippen molar-refractivity contribution in [1.29, 1.82) is 0 Å². The number of carbonyl (C=O) groups is 1. The zero-order valence-electron chi connectivity index (χ0n) is 15.8. The fourth-order valence-electron chi connectivity index (χ4n) is 2.93. The molecule has 1 aliphatic rings. The lowest BCUT2D eigenvalue weighted by atomic mass is 10.2. The Hall–Kier alpha value is -3.26. The lowest BCUT2D eigenvalue weighted by Crippen LogP contribution is -2.19. The summed E-state index contributed by atoms with van der Waals surface area (Å²) in [6.45, 7) is 1.98. The summed E-state index contributed by atoms with van der Waals surface area (Å²) < 4.78 is 40.7. The minimum absolute atomic E-state index is 0.303. The number of aromatic nitrogens is 1. The van der Waals surface area contributed by atoms with Crippen molar-refractivity contribution in [2.45, 2.75) is 13.1 Å². The summed E-state index contributed by atoms with van der Waals surface area (Å²) in [6, 6.07) is 16.1. The average molecular weight is 427 g/mol. The van der Waals surface area contributed by atoms with Crippen molar-refractivity contribution in [3.63, 3.8) is 0 Å². The van der Waals surface area contributed by atoms with Crippen molar-refractivity contribution in [3.05, 3.63) is 88.6 Å². The van der Waals surface area contributed by atoms with Gasteiger partial charge in [-0.3, -0.25) is 4.79 Å². The average Bonchev–Trinajstić information content (AvgIpc) is 3.30. The first-order chi connectivity index (χ1) is 14.3. The number of hydrogen-bond acceptors (Lipinski definition) is 3. The molecule has 2 aromatic carbocycles. The SMILES string of the molecule is Cc1ccc(N=C2NC(=O)/C(=C\c3cccn3-c3cccc(C(F)(F)F)c3)S2)cc1. The third kappa shape index (κ3) is 4.33. The van der Waals surface area contributed by atoms with Gasteiger partial charge in [-0.1, -0.05) is 23.8 Å². The molecule has 1 saturated heterocycles. The van der Waals surface area contributed by atoms with Gasteiger partial charge < -0.3 is 9.88 Å². The monoisotopic (exact) mass is 427 g/mol. The molecule has 0 unspecified atom stereocenters. The van der Waals surface area contributed by atoms with Crippen LogP contribution in [0.15, 0.2) is 76.8 Å². The number of amides is 1. The van der Waals surface area contributed by atoms with Crippen LogP contribution in [0.4, 0.5) is 18.9 Å². The third-order valence-corrected chi connectivity index (χ3v) is 5.34. The molecule has 1 fully saturated rings. The van der Waals surface area contributed by atoms with E-state index in [-0.39, 0.29) is 5.91 Å². The van der Waals surface area contributed by atoms with E-state index >= 15 is 0 Å². The number of halogens is 3. The fraction of sp³-hybridized carbons (Fsp3) is 0.0909. The molecule has 4 rings (SSSR count). The van der Waals surface area contributed by atoms with Crippen LogP contribution in [0, 0.1) is 6.92 Å². The highest BCUT2D eigenvalue weighted by Crippen LogP contribution is 2.32. The number of aryl methyl sites for hydroxylation is 1. The maximum absolute atomic E-state index is 13.0. The van der Waals surface area contributed by atoms with E-state index in [1.165, 1.54) is 17.8 Å². The largest absolute Gasteiger partial charge is 0.416 e. The van der Waals surface area contributed by atoms with E-state index in [4.69, 9.17) is 0 Å². The molecule has 1 aromatic heterocycles. The van der Waals surface area contributed by atoms with Crippen LogP contribution >= 0.6 is 11.8 Å². The van der Waals surface area contributed by atoms with Gasteiger partial charge in [-0.15, -0.1) is 0 Å². The van der Waals surface area contributed by atoms with Crippen LogP contribution in [0.5, 0.6) is 0 Å². The number of alkyl halides is 3. The van der Waals surface area contributed by atoms with Gasteiger partial charge in [0.05, 0.1) is 16.2 Å². The summed E-state index contributed by atoms with van der Waals surface area (Å²) in [5.74, 6) is -0.303. The highest BCUT2D eigenvalue weighted by atomic mass is 32.2. The van der Waals surface area contributed by atoms with Crippen molar-refractivity contribution in [1.82, 2.24) is 9.88 Å².